The molecule has 1 atom stereocenters. The van der Waals surface area contributed by atoms with Crippen LogP contribution in [0.3, 0.4) is 0 Å². The molecule has 6 nitrogen and oxygen atoms in total. The van der Waals surface area contributed by atoms with Gasteiger partial charge in [0.15, 0.2) is 5.76 Å². The van der Waals surface area contributed by atoms with E-state index in [1.807, 2.05) is 19.9 Å². The molecule has 0 spiro atoms. The normalized spacial score (nSPS) is 16.7. The summed E-state index contributed by atoms with van der Waals surface area (Å²) in [6, 6.07) is 13.2. The number of hydrogen-bond acceptors (Lipinski definition) is 4. The number of furan rings is 1. The van der Waals surface area contributed by atoms with Gasteiger partial charge in [-0.25, -0.2) is 0 Å². The van der Waals surface area contributed by atoms with E-state index in [2.05, 4.69) is 39.8 Å². The third-order valence-corrected chi connectivity index (χ3v) is 5.16. The first-order valence-electron chi connectivity index (χ1n) is 9.94. The van der Waals surface area contributed by atoms with Gasteiger partial charge in [0.2, 0.25) is 5.91 Å². The topological polar surface area (TPSA) is 74.6 Å². The van der Waals surface area contributed by atoms with Gasteiger partial charge in [-0.15, -0.1) is 0 Å². The lowest BCUT2D eigenvalue weighted by Gasteiger charge is -2.33. The second-order valence-corrected chi connectivity index (χ2v) is 7.72. The molecule has 1 aromatic carbocycles. The molecule has 0 aliphatic carbocycles. The maximum Gasteiger partial charge on any atom is 0.287 e. The van der Waals surface area contributed by atoms with E-state index in [0.29, 0.717) is 0 Å². The lowest BCUT2D eigenvalue weighted by Crippen LogP contribution is -2.53. The highest BCUT2D eigenvalue weighted by molar-refractivity contribution is 5.95. The molecule has 1 aromatic heterocycles. The Morgan fingerprint density at radius 2 is 1.82 bits per heavy atom. The fourth-order valence-corrected chi connectivity index (χ4v) is 3.52. The molecule has 1 unspecified atom stereocenters. The predicted octanol–water partition coefficient (Wildman–Crippen LogP) is 2.81. The van der Waals surface area contributed by atoms with E-state index in [1.54, 1.807) is 12.1 Å². The highest BCUT2D eigenvalue weighted by atomic mass is 16.3. The van der Waals surface area contributed by atoms with Crippen LogP contribution in [-0.4, -0.2) is 41.9 Å². The van der Waals surface area contributed by atoms with Crippen LogP contribution >= 0.6 is 0 Å². The molecule has 2 N–H and O–H groups in total. The summed E-state index contributed by atoms with van der Waals surface area (Å²) < 4.78 is 5.12. The van der Waals surface area contributed by atoms with Crippen LogP contribution in [0.15, 0.2) is 53.1 Å². The molecule has 0 bridgehead atoms. The Bertz CT molecular complexity index is 751. The summed E-state index contributed by atoms with van der Waals surface area (Å²) in [5.41, 5.74) is 1.31. The van der Waals surface area contributed by atoms with Crippen molar-refractivity contribution in [1.82, 2.24) is 15.5 Å². The Labute approximate surface area is 166 Å². The van der Waals surface area contributed by atoms with E-state index in [1.165, 1.54) is 11.8 Å². The summed E-state index contributed by atoms with van der Waals surface area (Å²) >= 11 is 0. The van der Waals surface area contributed by atoms with E-state index in [9.17, 15) is 9.59 Å². The van der Waals surface area contributed by atoms with Gasteiger partial charge in [0.25, 0.3) is 5.91 Å². The van der Waals surface area contributed by atoms with E-state index in [4.69, 9.17) is 4.42 Å². The zero-order valence-electron chi connectivity index (χ0n) is 16.6. The lowest BCUT2D eigenvalue weighted by molar-refractivity contribution is -0.125. The Morgan fingerprint density at radius 3 is 2.43 bits per heavy atom. The minimum absolute atomic E-state index is 0.0166. The third kappa shape index (κ3) is 5.45. The van der Waals surface area contributed by atoms with Gasteiger partial charge in [-0.1, -0.05) is 44.2 Å². The SMILES string of the molecule is CC(C)C(NC(=O)c1ccco1)C(=O)NC1CCN(Cc2ccccc2)CC1. The number of hydrogen-bond donors (Lipinski definition) is 2. The van der Waals surface area contributed by atoms with Gasteiger partial charge >= 0.3 is 0 Å². The molecule has 6 heteroatoms. The molecule has 1 aliphatic heterocycles. The molecular weight excluding hydrogens is 354 g/mol. The number of rotatable bonds is 7. The number of amides is 2. The highest BCUT2D eigenvalue weighted by Gasteiger charge is 2.28. The van der Waals surface area contributed by atoms with E-state index < -0.39 is 6.04 Å². The summed E-state index contributed by atoms with van der Waals surface area (Å²) in [6.07, 6.45) is 3.27. The number of nitrogens with zero attached hydrogens (tertiary/aromatic N) is 1. The Kier molecular flexibility index (Phi) is 6.87. The maximum absolute atomic E-state index is 12.8. The standard InChI is InChI=1S/C22H29N3O3/c1-16(2)20(24-21(26)19-9-6-14-28-19)22(27)23-18-10-12-25(13-11-18)15-17-7-4-3-5-8-17/h3-9,14,16,18,20H,10-13,15H2,1-2H3,(H,23,27)(H,24,26). The first-order valence-corrected chi connectivity index (χ1v) is 9.94. The van der Waals surface area contributed by atoms with Gasteiger partial charge in [0.1, 0.15) is 6.04 Å². The number of piperidine rings is 1. The highest BCUT2D eigenvalue weighted by Crippen LogP contribution is 2.15. The molecule has 0 radical (unpaired) electrons. The zero-order chi connectivity index (χ0) is 19.9. The number of nitrogens with one attached hydrogen (secondary N) is 2. The molecule has 0 saturated carbocycles. The van der Waals surface area contributed by atoms with Crippen molar-refractivity contribution in [1.29, 1.82) is 0 Å². The van der Waals surface area contributed by atoms with Gasteiger partial charge in [-0.05, 0) is 36.5 Å². The van der Waals surface area contributed by atoms with Gasteiger partial charge in [-0.3, -0.25) is 14.5 Å². The van der Waals surface area contributed by atoms with Crippen molar-refractivity contribution in [2.24, 2.45) is 5.92 Å². The van der Waals surface area contributed by atoms with Gasteiger partial charge in [0, 0.05) is 25.7 Å². The molecule has 150 valence electrons. The van der Waals surface area contributed by atoms with Gasteiger partial charge in [-0.2, -0.15) is 0 Å². The maximum atomic E-state index is 12.8. The van der Waals surface area contributed by atoms with Crippen LogP contribution in [0.1, 0.15) is 42.8 Å². The Balaban J connectivity index is 1.48. The van der Waals surface area contributed by atoms with Crippen molar-refractivity contribution in [3.63, 3.8) is 0 Å². The van der Waals surface area contributed by atoms with Crippen molar-refractivity contribution in [2.45, 2.75) is 45.3 Å². The van der Waals surface area contributed by atoms with Crippen LogP contribution in [0.25, 0.3) is 0 Å². The second-order valence-electron chi connectivity index (χ2n) is 7.72. The smallest absolute Gasteiger partial charge is 0.287 e. The van der Waals surface area contributed by atoms with Crippen molar-refractivity contribution in [3.05, 3.63) is 60.1 Å². The predicted molar refractivity (Wildman–Crippen MR) is 108 cm³/mol. The quantitative estimate of drug-likeness (QED) is 0.771. The van der Waals surface area contributed by atoms with Crippen LogP contribution in [0.2, 0.25) is 0 Å². The molecular formula is C22H29N3O3. The van der Waals surface area contributed by atoms with Crippen LogP contribution in [0.4, 0.5) is 0 Å². The van der Waals surface area contributed by atoms with Crippen LogP contribution in [0.5, 0.6) is 0 Å². The molecule has 2 amide bonds. The largest absolute Gasteiger partial charge is 0.459 e. The molecule has 3 rings (SSSR count). The summed E-state index contributed by atoms with van der Waals surface area (Å²) in [4.78, 5) is 27.4. The lowest BCUT2D eigenvalue weighted by atomic mass is 10.00. The third-order valence-electron chi connectivity index (χ3n) is 5.16. The molecule has 1 aliphatic rings. The summed E-state index contributed by atoms with van der Waals surface area (Å²) in [5.74, 6) is -0.294. The van der Waals surface area contributed by atoms with Crippen molar-refractivity contribution in [2.75, 3.05) is 13.1 Å². The van der Waals surface area contributed by atoms with Gasteiger partial charge in [0.05, 0.1) is 6.26 Å². The van der Waals surface area contributed by atoms with E-state index >= 15 is 0 Å². The van der Waals surface area contributed by atoms with Crippen molar-refractivity contribution < 1.29 is 14.0 Å². The minimum atomic E-state index is -0.583. The van der Waals surface area contributed by atoms with Crippen molar-refractivity contribution in [3.8, 4) is 0 Å². The van der Waals surface area contributed by atoms with Crippen LogP contribution < -0.4 is 10.6 Å². The first kappa shape index (κ1) is 20.1. The summed E-state index contributed by atoms with van der Waals surface area (Å²) in [5, 5.41) is 5.92. The zero-order valence-corrected chi connectivity index (χ0v) is 16.6. The number of benzene rings is 1. The van der Waals surface area contributed by atoms with Crippen LogP contribution in [-0.2, 0) is 11.3 Å². The number of carbonyl (C=O) groups excluding carboxylic acids is 2. The Morgan fingerprint density at radius 1 is 1.11 bits per heavy atom. The molecule has 1 saturated heterocycles. The fraction of sp³-hybridized carbons (Fsp3) is 0.455. The number of likely N-dealkylation sites (tertiary alicyclic amines) is 1. The van der Waals surface area contributed by atoms with Crippen LogP contribution in [0, 0.1) is 5.92 Å². The monoisotopic (exact) mass is 383 g/mol. The van der Waals surface area contributed by atoms with E-state index in [0.717, 1.165) is 32.5 Å². The summed E-state index contributed by atoms with van der Waals surface area (Å²) in [7, 11) is 0. The average molecular weight is 383 g/mol. The molecule has 2 heterocycles. The first-order chi connectivity index (χ1) is 13.5. The van der Waals surface area contributed by atoms with Crippen molar-refractivity contribution >= 4 is 11.8 Å². The van der Waals surface area contributed by atoms with Gasteiger partial charge < -0.3 is 15.1 Å². The fourth-order valence-electron chi connectivity index (χ4n) is 3.52. The molecule has 28 heavy (non-hydrogen) atoms. The minimum Gasteiger partial charge on any atom is -0.459 e. The molecule has 2 aromatic rings. The summed E-state index contributed by atoms with van der Waals surface area (Å²) in [6.45, 7) is 6.69. The van der Waals surface area contributed by atoms with E-state index in [-0.39, 0.29) is 29.5 Å². The number of carbonyl (C=O) groups is 2. The Hall–Kier alpha value is -2.60. The molecule has 1 fully saturated rings. The average Bonchev–Trinajstić information content (AvgIpc) is 3.23. The second kappa shape index (κ2) is 9.55.